The molecule has 13 heteroatoms. The highest BCUT2D eigenvalue weighted by Crippen LogP contribution is 2.58. The number of benzene rings is 1. The second kappa shape index (κ2) is 11.8. The Morgan fingerprint density at radius 3 is 2.54 bits per heavy atom. The van der Waals surface area contributed by atoms with E-state index in [1.54, 1.807) is 45.9 Å². The van der Waals surface area contributed by atoms with Crippen LogP contribution in [-0.4, -0.2) is 75.9 Å². The van der Waals surface area contributed by atoms with Crippen LogP contribution in [0.15, 0.2) is 18.2 Å². The predicted octanol–water partition coefficient (Wildman–Crippen LogP) is 5.15. The van der Waals surface area contributed by atoms with Crippen LogP contribution < -0.4 is 14.8 Å². The van der Waals surface area contributed by atoms with E-state index in [0.29, 0.717) is 36.8 Å². The standard InChI is InChI=1S/C33H42F2N4O7/c1-16-24-15-39(25(16)30(41)42)29(40)27(32(2,3)4)38-31(43)46-23-13-17-12-20(17)19(23)8-6-7-11-33(34,35)26-28(45-24)37-22-14-18(44-5)9-10-21(22)36-26/h9-10,14,16-17,19-20,23-25,27H,6-8,11-13,15H2,1-5H3,(H,38,43)(H,41,42)/t16-,17+,19-,20+,23-,24+,25+,27-/m1/s1. The molecule has 46 heavy (non-hydrogen) atoms. The zero-order valence-electron chi connectivity index (χ0n) is 26.8. The normalized spacial score (nSPS) is 33.0. The Morgan fingerprint density at radius 1 is 1.09 bits per heavy atom. The van der Waals surface area contributed by atoms with Crippen molar-refractivity contribution in [2.45, 2.75) is 96.4 Å². The van der Waals surface area contributed by atoms with Gasteiger partial charge in [-0.1, -0.05) is 34.1 Å². The van der Waals surface area contributed by atoms with Crippen molar-refractivity contribution in [3.63, 3.8) is 0 Å². The summed E-state index contributed by atoms with van der Waals surface area (Å²) in [6.45, 7) is 6.68. The highest BCUT2D eigenvalue weighted by Gasteiger charge is 2.55. The number of halogens is 2. The monoisotopic (exact) mass is 644 g/mol. The van der Waals surface area contributed by atoms with E-state index in [2.05, 4.69) is 15.3 Å². The first-order valence-corrected chi connectivity index (χ1v) is 16.1. The molecule has 0 unspecified atom stereocenters. The van der Waals surface area contributed by atoms with Gasteiger partial charge in [-0.3, -0.25) is 4.79 Å². The first kappa shape index (κ1) is 32.2. The van der Waals surface area contributed by atoms with Crippen LogP contribution in [0.1, 0.15) is 71.9 Å². The van der Waals surface area contributed by atoms with Crippen molar-refractivity contribution in [1.29, 1.82) is 0 Å². The molecule has 2 aliphatic heterocycles. The average Bonchev–Trinajstić information content (AvgIpc) is 3.55. The molecule has 11 nitrogen and oxygen atoms in total. The fourth-order valence-corrected chi connectivity index (χ4v) is 7.60. The van der Waals surface area contributed by atoms with Gasteiger partial charge in [0.25, 0.3) is 5.92 Å². The third-order valence-electron chi connectivity index (χ3n) is 10.2. The summed E-state index contributed by atoms with van der Waals surface area (Å²) < 4.78 is 49.4. The van der Waals surface area contributed by atoms with Crippen LogP contribution in [0.4, 0.5) is 13.6 Å². The van der Waals surface area contributed by atoms with E-state index < -0.39 is 71.4 Å². The third kappa shape index (κ3) is 6.04. The Bertz CT molecular complexity index is 1530. The number of ether oxygens (including phenoxy) is 3. The lowest BCUT2D eigenvalue weighted by Crippen LogP contribution is -2.57. The molecule has 1 aromatic heterocycles. The molecule has 2 aliphatic carbocycles. The summed E-state index contributed by atoms with van der Waals surface area (Å²) in [5.41, 5.74) is -0.929. The number of carbonyl (C=O) groups excluding carboxylic acids is 2. The molecule has 2 bridgehead atoms. The summed E-state index contributed by atoms with van der Waals surface area (Å²) in [6, 6.07) is 2.26. The minimum atomic E-state index is -3.41. The maximum Gasteiger partial charge on any atom is 0.408 e. The molecular formula is C33H42F2N4O7. The number of alkyl halides is 2. The lowest BCUT2D eigenvalue weighted by Gasteiger charge is -2.35. The third-order valence-corrected chi connectivity index (χ3v) is 10.2. The van der Waals surface area contributed by atoms with Crippen LogP contribution in [-0.2, 0) is 20.2 Å². The number of aromatic nitrogens is 2. The van der Waals surface area contributed by atoms with Gasteiger partial charge in [0, 0.05) is 18.4 Å². The fourth-order valence-electron chi connectivity index (χ4n) is 7.60. The van der Waals surface area contributed by atoms with E-state index in [4.69, 9.17) is 14.2 Å². The topological polar surface area (TPSA) is 140 Å². The number of nitrogens with one attached hydrogen (secondary N) is 1. The highest BCUT2D eigenvalue weighted by atomic mass is 19.3. The van der Waals surface area contributed by atoms with Gasteiger partial charge in [0.1, 0.15) is 30.0 Å². The lowest BCUT2D eigenvalue weighted by molar-refractivity contribution is -0.151. The summed E-state index contributed by atoms with van der Waals surface area (Å²) in [4.78, 5) is 49.8. The van der Waals surface area contributed by atoms with Crippen LogP contribution in [0.25, 0.3) is 11.0 Å². The van der Waals surface area contributed by atoms with Gasteiger partial charge in [-0.05, 0) is 61.0 Å². The summed E-state index contributed by atoms with van der Waals surface area (Å²) in [5.74, 6) is -5.18. The van der Waals surface area contributed by atoms with Gasteiger partial charge >= 0.3 is 12.1 Å². The Balaban J connectivity index is 1.41. The first-order valence-electron chi connectivity index (χ1n) is 16.1. The first-order chi connectivity index (χ1) is 21.7. The maximum atomic E-state index is 16.1. The van der Waals surface area contributed by atoms with Gasteiger partial charge < -0.3 is 29.5 Å². The molecule has 250 valence electrons. The lowest BCUT2D eigenvalue weighted by atomic mass is 9.85. The van der Waals surface area contributed by atoms with Gasteiger partial charge in [0.05, 0.1) is 24.7 Å². The summed E-state index contributed by atoms with van der Waals surface area (Å²) >= 11 is 0. The number of methoxy groups -OCH3 is 1. The summed E-state index contributed by atoms with van der Waals surface area (Å²) in [7, 11) is 1.47. The van der Waals surface area contributed by atoms with E-state index in [0.717, 1.165) is 11.3 Å². The van der Waals surface area contributed by atoms with E-state index in [1.807, 2.05) is 0 Å². The fraction of sp³-hybridized carbons (Fsp3) is 0.667. The molecule has 2 N–H and O–H groups in total. The molecule has 3 fully saturated rings. The summed E-state index contributed by atoms with van der Waals surface area (Å²) in [5, 5.41) is 13.0. The Morgan fingerprint density at radius 2 is 1.85 bits per heavy atom. The molecule has 0 radical (unpaired) electrons. The number of hydrogen-bond donors (Lipinski definition) is 2. The van der Waals surface area contributed by atoms with E-state index in [1.165, 1.54) is 7.11 Å². The Kier molecular flexibility index (Phi) is 8.25. The van der Waals surface area contributed by atoms with E-state index >= 15 is 8.78 Å². The average molecular weight is 645 g/mol. The van der Waals surface area contributed by atoms with Crippen molar-refractivity contribution in [3.8, 4) is 11.6 Å². The molecule has 4 aliphatic rings. The second-order valence-corrected chi connectivity index (χ2v) is 14.4. The number of alkyl carbamates (subject to hydrolysis) is 1. The van der Waals surface area contributed by atoms with Crippen molar-refractivity contribution in [2.24, 2.45) is 29.1 Å². The van der Waals surface area contributed by atoms with Gasteiger partial charge in [0.2, 0.25) is 11.8 Å². The molecule has 6 rings (SSSR count). The molecule has 3 heterocycles. The number of carboxylic acids is 1. The number of carbonyl (C=O) groups is 3. The molecule has 1 saturated heterocycles. The molecular weight excluding hydrogens is 602 g/mol. The van der Waals surface area contributed by atoms with Crippen molar-refractivity contribution in [1.82, 2.24) is 20.2 Å². The second-order valence-electron chi connectivity index (χ2n) is 14.4. The van der Waals surface area contributed by atoms with Gasteiger partial charge in [0.15, 0.2) is 5.69 Å². The highest BCUT2D eigenvalue weighted by molar-refractivity contribution is 5.90. The van der Waals surface area contributed by atoms with Crippen molar-refractivity contribution in [3.05, 3.63) is 23.9 Å². The Hall–Kier alpha value is -3.77. The zero-order valence-corrected chi connectivity index (χ0v) is 26.8. The number of nitrogens with zero attached hydrogens (tertiary/aromatic N) is 3. The number of rotatable bonds is 2. The van der Waals surface area contributed by atoms with Crippen LogP contribution in [0.5, 0.6) is 11.6 Å². The van der Waals surface area contributed by atoms with Crippen LogP contribution in [0.3, 0.4) is 0 Å². The number of carboxylic acid groups (broad SMARTS) is 1. The zero-order chi connectivity index (χ0) is 33.1. The van der Waals surface area contributed by atoms with Crippen molar-refractivity contribution in [2.75, 3.05) is 13.7 Å². The largest absolute Gasteiger partial charge is 0.497 e. The molecule has 2 aromatic rings. The number of amides is 2. The minimum Gasteiger partial charge on any atom is -0.497 e. The minimum absolute atomic E-state index is 0.0537. The van der Waals surface area contributed by atoms with Gasteiger partial charge in [-0.15, -0.1) is 0 Å². The molecule has 2 saturated carbocycles. The molecule has 8 atom stereocenters. The van der Waals surface area contributed by atoms with Crippen LogP contribution >= 0.6 is 0 Å². The molecule has 2 amide bonds. The van der Waals surface area contributed by atoms with Gasteiger partial charge in [-0.25, -0.2) is 19.6 Å². The van der Waals surface area contributed by atoms with Crippen molar-refractivity contribution >= 4 is 29.0 Å². The number of fused-ring (bicyclic) bond motifs is 7. The molecule has 0 spiro atoms. The quantitative estimate of drug-likeness (QED) is 0.454. The number of hydrogen-bond acceptors (Lipinski definition) is 8. The smallest absolute Gasteiger partial charge is 0.408 e. The predicted molar refractivity (Wildman–Crippen MR) is 162 cm³/mol. The van der Waals surface area contributed by atoms with Crippen molar-refractivity contribution < 1.29 is 42.5 Å². The summed E-state index contributed by atoms with van der Waals surface area (Å²) in [6.07, 6.45) is 0.481. The van der Waals surface area contributed by atoms with Crippen LogP contribution in [0, 0.1) is 29.1 Å². The van der Waals surface area contributed by atoms with E-state index in [-0.39, 0.29) is 36.0 Å². The van der Waals surface area contributed by atoms with Crippen LogP contribution in [0.2, 0.25) is 0 Å². The van der Waals surface area contributed by atoms with Gasteiger partial charge in [-0.2, -0.15) is 8.78 Å². The molecule has 1 aromatic carbocycles. The number of aliphatic carboxylic acids is 1. The SMILES string of the molecule is COc1ccc2nc3c(nc2c1)O[C@H]1CN(C(=O)[C@H](C(C)(C)C)NC(=O)O[C@@H]2C[C@@H]4C[C@@H]4[C@H]2CCCCC3(F)F)[C@H](C(=O)O)[C@@H]1C. The Labute approximate surface area is 266 Å². The maximum absolute atomic E-state index is 16.1. The van der Waals surface area contributed by atoms with E-state index in [9.17, 15) is 19.5 Å².